The second-order valence-corrected chi connectivity index (χ2v) is 3.72. The van der Waals surface area contributed by atoms with Gasteiger partial charge in [0.25, 0.3) is 0 Å². The molecule has 15 heavy (non-hydrogen) atoms. The summed E-state index contributed by atoms with van der Waals surface area (Å²) >= 11 is 0. The smallest absolute Gasteiger partial charge is 0.160 e. The van der Waals surface area contributed by atoms with E-state index in [9.17, 15) is 9.90 Å². The largest absolute Gasteiger partial charge is 0.508 e. The summed E-state index contributed by atoms with van der Waals surface area (Å²) in [5, 5.41) is 11.3. The van der Waals surface area contributed by atoms with Gasteiger partial charge in [-0.25, -0.2) is 0 Å². The quantitative estimate of drug-likeness (QED) is 0.718. The number of aryl methyl sites for hydroxylation is 1. The first kappa shape index (κ1) is 9.71. The van der Waals surface area contributed by atoms with Gasteiger partial charge >= 0.3 is 0 Å². The highest BCUT2D eigenvalue weighted by Crippen LogP contribution is 2.27. The Morgan fingerprint density at radius 2 is 2.00 bits per heavy atom. The van der Waals surface area contributed by atoms with Crippen molar-refractivity contribution in [2.45, 2.75) is 13.8 Å². The Balaban J connectivity index is 2.94. The number of rotatable bonds is 1. The summed E-state index contributed by atoms with van der Waals surface area (Å²) in [6.45, 7) is 3.48. The first-order valence-corrected chi connectivity index (χ1v) is 4.83. The molecule has 0 heterocycles. The first-order chi connectivity index (χ1) is 7.09. The SMILES string of the molecule is CC(=O)c1cc(O)cc2cccc(C)c12. The molecule has 0 aliphatic heterocycles. The van der Waals surface area contributed by atoms with Crippen LogP contribution in [-0.4, -0.2) is 10.9 Å². The first-order valence-electron chi connectivity index (χ1n) is 4.83. The summed E-state index contributed by atoms with van der Waals surface area (Å²) in [5.41, 5.74) is 1.64. The zero-order valence-electron chi connectivity index (χ0n) is 8.74. The van der Waals surface area contributed by atoms with Crippen molar-refractivity contribution in [1.29, 1.82) is 0 Å². The van der Waals surface area contributed by atoms with E-state index in [1.165, 1.54) is 13.0 Å². The Bertz CT molecular complexity index is 541. The fourth-order valence-corrected chi connectivity index (χ4v) is 1.88. The number of hydrogen-bond donors (Lipinski definition) is 1. The van der Waals surface area contributed by atoms with Crippen molar-refractivity contribution < 1.29 is 9.90 Å². The number of hydrogen-bond acceptors (Lipinski definition) is 2. The minimum atomic E-state index is -0.0230. The van der Waals surface area contributed by atoms with Gasteiger partial charge in [0.15, 0.2) is 5.78 Å². The molecule has 0 spiro atoms. The maximum atomic E-state index is 11.5. The number of fused-ring (bicyclic) bond motifs is 1. The average Bonchev–Trinajstić information content (AvgIpc) is 2.16. The van der Waals surface area contributed by atoms with Gasteiger partial charge in [-0.05, 0) is 42.3 Å². The van der Waals surface area contributed by atoms with Crippen LogP contribution in [0.2, 0.25) is 0 Å². The van der Waals surface area contributed by atoms with Crippen LogP contribution < -0.4 is 0 Å². The number of phenols is 1. The van der Waals surface area contributed by atoms with Gasteiger partial charge in [-0.3, -0.25) is 4.79 Å². The molecule has 2 nitrogen and oxygen atoms in total. The Labute approximate surface area is 88.2 Å². The fraction of sp³-hybridized carbons (Fsp3) is 0.154. The number of phenolic OH excluding ortho intramolecular Hbond substituents is 1. The van der Waals surface area contributed by atoms with Crippen molar-refractivity contribution in [2.75, 3.05) is 0 Å². The molecule has 0 bridgehead atoms. The number of Topliss-reactive ketones (excluding diaryl/α,β-unsaturated/α-hetero) is 1. The molecule has 2 aromatic carbocycles. The Kier molecular flexibility index (Phi) is 2.19. The third-order valence-corrected chi connectivity index (χ3v) is 2.55. The Morgan fingerprint density at radius 1 is 1.27 bits per heavy atom. The molecule has 2 heteroatoms. The maximum absolute atomic E-state index is 11.5. The predicted molar refractivity (Wildman–Crippen MR) is 60.4 cm³/mol. The molecule has 0 fully saturated rings. The lowest BCUT2D eigenvalue weighted by atomic mass is 9.97. The molecule has 0 saturated carbocycles. The van der Waals surface area contributed by atoms with Crippen LogP contribution in [0.3, 0.4) is 0 Å². The van der Waals surface area contributed by atoms with Gasteiger partial charge in [0.2, 0.25) is 0 Å². The van der Waals surface area contributed by atoms with E-state index in [0.717, 1.165) is 16.3 Å². The molecule has 0 atom stereocenters. The van der Waals surface area contributed by atoms with Crippen LogP contribution in [0, 0.1) is 6.92 Å². The van der Waals surface area contributed by atoms with E-state index in [4.69, 9.17) is 0 Å². The van der Waals surface area contributed by atoms with Crippen LogP contribution >= 0.6 is 0 Å². The van der Waals surface area contributed by atoms with Crippen LogP contribution in [0.1, 0.15) is 22.8 Å². The molecule has 2 rings (SSSR count). The molecule has 76 valence electrons. The molecule has 0 aliphatic rings. The number of ketones is 1. The summed E-state index contributed by atoms with van der Waals surface area (Å²) < 4.78 is 0. The highest BCUT2D eigenvalue weighted by molar-refractivity contribution is 6.08. The molecule has 0 aliphatic carbocycles. The summed E-state index contributed by atoms with van der Waals surface area (Å²) in [6, 6.07) is 8.98. The topological polar surface area (TPSA) is 37.3 Å². The van der Waals surface area contributed by atoms with Crippen LogP contribution in [0.4, 0.5) is 0 Å². The van der Waals surface area contributed by atoms with Crippen LogP contribution in [0.15, 0.2) is 30.3 Å². The zero-order chi connectivity index (χ0) is 11.0. The second-order valence-electron chi connectivity index (χ2n) is 3.72. The molecule has 0 amide bonds. The van der Waals surface area contributed by atoms with E-state index in [-0.39, 0.29) is 11.5 Å². The lowest BCUT2D eigenvalue weighted by molar-refractivity contribution is 0.101. The maximum Gasteiger partial charge on any atom is 0.160 e. The van der Waals surface area contributed by atoms with Gasteiger partial charge in [-0.15, -0.1) is 0 Å². The van der Waals surface area contributed by atoms with Gasteiger partial charge in [-0.2, -0.15) is 0 Å². The third kappa shape index (κ3) is 1.59. The van der Waals surface area contributed by atoms with Crippen LogP contribution in [0.25, 0.3) is 10.8 Å². The molecule has 2 aromatic rings. The van der Waals surface area contributed by atoms with E-state index < -0.39 is 0 Å². The van der Waals surface area contributed by atoms with Gasteiger partial charge in [0.05, 0.1) is 0 Å². The van der Waals surface area contributed by atoms with Gasteiger partial charge < -0.3 is 5.11 Å². The molecular weight excluding hydrogens is 188 g/mol. The number of carbonyl (C=O) groups excluding carboxylic acids is 1. The summed E-state index contributed by atoms with van der Waals surface area (Å²) in [6.07, 6.45) is 0. The molecule has 0 radical (unpaired) electrons. The normalized spacial score (nSPS) is 10.5. The Morgan fingerprint density at radius 3 is 2.67 bits per heavy atom. The van der Waals surface area contributed by atoms with Crippen molar-refractivity contribution >= 4 is 16.6 Å². The summed E-state index contributed by atoms with van der Waals surface area (Å²) in [5.74, 6) is 0.114. The summed E-state index contributed by atoms with van der Waals surface area (Å²) in [4.78, 5) is 11.5. The van der Waals surface area contributed by atoms with Gasteiger partial charge in [-0.1, -0.05) is 18.2 Å². The van der Waals surface area contributed by atoms with Gasteiger partial charge in [0, 0.05) is 5.56 Å². The van der Waals surface area contributed by atoms with E-state index >= 15 is 0 Å². The molecule has 1 N–H and O–H groups in total. The van der Waals surface area contributed by atoms with E-state index in [0.29, 0.717) is 5.56 Å². The molecule has 0 aromatic heterocycles. The predicted octanol–water partition coefficient (Wildman–Crippen LogP) is 3.06. The molecule has 0 unspecified atom stereocenters. The van der Waals surface area contributed by atoms with Crippen molar-refractivity contribution in [2.24, 2.45) is 0 Å². The van der Waals surface area contributed by atoms with E-state index in [1.807, 2.05) is 25.1 Å². The van der Waals surface area contributed by atoms with E-state index in [2.05, 4.69) is 0 Å². The molecular formula is C13H12O2. The second kappa shape index (κ2) is 3.39. The number of aromatic hydroxyl groups is 1. The zero-order valence-corrected chi connectivity index (χ0v) is 8.74. The summed E-state index contributed by atoms with van der Waals surface area (Å²) in [7, 11) is 0. The Hall–Kier alpha value is -1.83. The number of carbonyl (C=O) groups is 1. The van der Waals surface area contributed by atoms with E-state index in [1.54, 1.807) is 6.07 Å². The minimum Gasteiger partial charge on any atom is -0.508 e. The average molecular weight is 200 g/mol. The van der Waals surface area contributed by atoms with Crippen molar-refractivity contribution in [3.8, 4) is 5.75 Å². The van der Waals surface area contributed by atoms with Crippen molar-refractivity contribution in [3.05, 3.63) is 41.5 Å². The highest BCUT2D eigenvalue weighted by Gasteiger charge is 2.09. The lowest BCUT2D eigenvalue weighted by Gasteiger charge is -2.07. The lowest BCUT2D eigenvalue weighted by Crippen LogP contribution is -1.95. The third-order valence-electron chi connectivity index (χ3n) is 2.55. The van der Waals surface area contributed by atoms with Gasteiger partial charge in [0.1, 0.15) is 5.75 Å². The number of benzene rings is 2. The molecule has 0 saturated heterocycles. The van der Waals surface area contributed by atoms with Crippen LogP contribution in [-0.2, 0) is 0 Å². The van der Waals surface area contributed by atoms with Crippen molar-refractivity contribution in [3.63, 3.8) is 0 Å². The highest BCUT2D eigenvalue weighted by atomic mass is 16.3. The minimum absolute atomic E-state index is 0.0230. The van der Waals surface area contributed by atoms with Crippen LogP contribution in [0.5, 0.6) is 5.75 Å². The standard InChI is InChI=1S/C13H12O2/c1-8-4-3-5-10-6-11(15)7-12(9(2)14)13(8)10/h3-7,15H,1-2H3. The van der Waals surface area contributed by atoms with Crippen molar-refractivity contribution in [1.82, 2.24) is 0 Å². The fourth-order valence-electron chi connectivity index (χ4n) is 1.88. The monoisotopic (exact) mass is 200 g/mol.